The van der Waals surface area contributed by atoms with Crippen LogP contribution in [0, 0.1) is 0 Å². The first-order chi connectivity index (χ1) is 18.1. The highest BCUT2D eigenvalue weighted by Crippen LogP contribution is 2.51. The number of phenolic OH excluding ortho intramolecular Hbond substituents is 2. The van der Waals surface area contributed by atoms with E-state index >= 15 is 0 Å². The molecule has 3 aliphatic rings. The van der Waals surface area contributed by atoms with Crippen LogP contribution in [-0.4, -0.2) is 76.0 Å². The van der Waals surface area contributed by atoms with E-state index in [4.69, 9.17) is 19.9 Å². The average Bonchev–Trinajstić information content (AvgIpc) is 2.90. The fourth-order valence-corrected chi connectivity index (χ4v) is 5.36. The first-order valence-electron chi connectivity index (χ1n) is 12.1. The van der Waals surface area contributed by atoms with Gasteiger partial charge in [0.05, 0.1) is 42.1 Å². The summed E-state index contributed by atoms with van der Waals surface area (Å²) >= 11 is 0. The summed E-state index contributed by atoms with van der Waals surface area (Å²) < 4.78 is 17.1. The molecule has 1 heterocycles. The van der Waals surface area contributed by atoms with Gasteiger partial charge in [-0.05, 0) is 19.1 Å². The highest BCUT2D eigenvalue weighted by molar-refractivity contribution is 6.31. The van der Waals surface area contributed by atoms with E-state index in [1.807, 2.05) is 0 Å². The van der Waals surface area contributed by atoms with Crippen LogP contribution in [0.1, 0.15) is 68.8 Å². The van der Waals surface area contributed by atoms with Crippen molar-refractivity contribution in [2.45, 2.75) is 50.4 Å². The van der Waals surface area contributed by atoms with Gasteiger partial charge in [-0.3, -0.25) is 14.4 Å². The van der Waals surface area contributed by atoms with Crippen molar-refractivity contribution in [1.82, 2.24) is 0 Å². The Hall–Kier alpha value is -3.61. The van der Waals surface area contributed by atoms with Crippen molar-refractivity contribution in [2.75, 3.05) is 13.7 Å². The molecule has 11 heteroatoms. The van der Waals surface area contributed by atoms with E-state index in [2.05, 4.69) is 0 Å². The number of Topliss-reactive ketones (excluding diaryl/α,β-unsaturated/α-hetero) is 1. The molecule has 1 saturated heterocycles. The molecule has 6 N–H and O–H groups in total. The number of carbonyl (C=O) groups is 3. The zero-order valence-corrected chi connectivity index (χ0v) is 20.6. The molecule has 1 fully saturated rings. The molecule has 11 nitrogen and oxygen atoms in total. The summed E-state index contributed by atoms with van der Waals surface area (Å²) in [7, 11) is 1.34. The Balaban J connectivity index is 1.68. The van der Waals surface area contributed by atoms with Crippen LogP contribution in [0.2, 0.25) is 0 Å². The number of hydrogen-bond donors (Lipinski definition) is 5. The highest BCUT2D eigenvalue weighted by atomic mass is 16.7. The molecule has 2 aliphatic carbocycles. The maximum absolute atomic E-state index is 13.6. The Bertz CT molecular complexity index is 1380. The van der Waals surface area contributed by atoms with E-state index in [1.54, 1.807) is 6.92 Å². The predicted molar refractivity (Wildman–Crippen MR) is 131 cm³/mol. The molecule has 0 unspecified atom stereocenters. The van der Waals surface area contributed by atoms with E-state index in [0.29, 0.717) is 0 Å². The molecule has 2 aromatic rings. The Morgan fingerprint density at radius 2 is 1.84 bits per heavy atom. The lowest BCUT2D eigenvalue weighted by Gasteiger charge is -2.38. The van der Waals surface area contributed by atoms with Crippen LogP contribution in [0.15, 0.2) is 23.8 Å². The zero-order valence-electron chi connectivity index (χ0n) is 20.6. The molecule has 1 aliphatic heterocycles. The number of rotatable bonds is 5. The number of benzene rings is 2. The van der Waals surface area contributed by atoms with Crippen molar-refractivity contribution in [1.29, 1.82) is 0 Å². The molecule has 0 saturated carbocycles. The lowest BCUT2D eigenvalue weighted by atomic mass is 9.77. The Morgan fingerprint density at radius 3 is 2.50 bits per heavy atom. The van der Waals surface area contributed by atoms with Crippen LogP contribution in [0.25, 0.3) is 6.08 Å². The Kier molecular flexibility index (Phi) is 6.58. The van der Waals surface area contributed by atoms with Gasteiger partial charge in [0, 0.05) is 41.1 Å². The van der Waals surface area contributed by atoms with Gasteiger partial charge in [0.15, 0.2) is 17.9 Å². The lowest BCUT2D eigenvalue weighted by Crippen LogP contribution is -2.51. The number of aromatic hydroxyl groups is 2. The number of ether oxygens (including phenoxy) is 3. The molecule has 200 valence electrons. The van der Waals surface area contributed by atoms with Gasteiger partial charge in [0.1, 0.15) is 23.9 Å². The molecule has 0 spiro atoms. The monoisotopic (exact) mass is 525 g/mol. The van der Waals surface area contributed by atoms with Crippen LogP contribution >= 0.6 is 0 Å². The van der Waals surface area contributed by atoms with Gasteiger partial charge in [0.2, 0.25) is 5.78 Å². The summed E-state index contributed by atoms with van der Waals surface area (Å²) in [5.74, 6) is -3.16. The summed E-state index contributed by atoms with van der Waals surface area (Å²) in [4.78, 5) is 39.5. The fraction of sp³-hybridized carbons (Fsp3) is 0.370. The molecule has 2 aromatic carbocycles. The maximum atomic E-state index is 13.6. The summed E-state index contributed by atoms with van der Waals surface area (Å²) in [6.07, 6.45) is -2.46. The van der Waals surface area contributed by atoms with Gasteiger partial charge in [-0.15, -0.1) is 0 Å². The van der Waals surface area contributed by atoms with E-state index in [1.165, 1.54) is 31.4 Å². The second kappa shape index (κ2) is 9.61. The third kappa shape index (κ3) is 3.91. The summed E-state index contributed by atoms with van der Waals surface area (Å²) in [6, 6.07) is 3.77. The van der Waals surface area contributed by atoms with Gasteiger partial charge < -0.3 is 40.4 Å². The van der Waals surface area contributed by atoms with Gasteiger partial charge >= 0.3 is 0 Å². The third-order valence-electron chi connectivity index (χ3n) is 7.31. The fourth-order valence-electron chi connectivity index (χ4n) is 5.36. The summed E-state index contributed by atoms with van der Waals surface area (Å²) in [5, 5.41) is 42.3. The topological polar surface area (TPSA) is 186 Å². The average molecular weight is 526 g/mol. The standard InChI is InChI=1S/C27H27NO10/c1-10-23(31)14(28)8-18(37-10)38-17-7-11(15(30)9-29)6-13-20(17)27(35)22-21(25(13)33)24(32)12-4-3-5-16(36-2)19(12)26(22)34/h3-6,10,14,17-18,23,29,31,33,35H,7-9,28H2,1-2H3/t10-,14+,17-,18-,23-/m0/s1. The highest BCUT2D eigenvalue weighted by Gasteiger charge is 2.43. The molecule has 5 rings (SSSR count). The first-order valence-corrected chi connectivity index (χ1v) is 12.1. The Labute approximate surface area is 217 Å². The summed E-state index contributed by atoms with van der Waals surface area (Å²) in [5.41, 5.74) is 5.10. The Morgan fingerprint density at radius 1 is 1.13 bits per heavy atom. The number of ketones is 3. The van der Waals surface area contributed by atoms with E-state index < -0.39 is 77.2 Å². The van der Waals surface area contributed by atoms with Crippen LogP contribution in [-0.2, 0) is 14.3 Å². The molecular formula is C27H27NO10. The second-order valence-electron chi connectivity index (χ2n) is 9.56. The molecule has 0 aromatic heterocycles. The number of methoxy groups -OCH3 is 1. The van der Waals surface area contributed by atoms with Gasteiger partial charge in [0.25, 0.3) is 0 Å². The van der Waals surface area contributed by atoms with Crippen LogP contribution < -0.4 is 10.5 Å². The molecular weight excluding hydrogens is 498 g/mol. The minimum Gasteiger partial charge on any atom is -0.507 e. The minimum absolute atomic E-state index is 0.00659. The molecule has 0 amide bonds. The number of fused-ring (bicyclic) bond motifs is 3. The van der Waals surface area contributed by atoms with Crippen molar-refractivity contribution in [3.63, 3.8) is 0 Å². The normalized spacial score (nSPS) is 26.2. The van der Waals surface area contributed by atoms with Crippen LogP contribution in [0.4, 0.5) is 0 Å². The smallest absolute Gasteiger partial charge is 0.202 e. The molecule has 5 atom stereocenters. The minimum atomic E-state index is -1.13. The number of nitrogens with two attached hydrogens (primary N) is 1. The first kappa shape index (κ1) is 26.0. The van der Waals surface area contributed by atoms with Crippen LogP contribution in [0.3, 0.4) is 0 Å². The number of hydrogen-bond acceptors (Lipinski definition) is 11. The van der Waals surface area contributed by atoms with E-state index in [0.717, 1.165) is 0 Å². The van der Waals surface area contributed by atoms with Crippen LogP contribution in [0.5, 0.6) is 17.2 Å². The zero-order chi connectivity index (χ0) is 27.5. The van der Waals surface area contributed by atoms with Crippen molar-refractivity contribution >= 4 is 23.4 Å². The van der Waals surface area contributed by atoms with Crippen molar-refractivity contribution in [3.05, 3.63) is 57.2 Å². The van der Waals surface area contributed by atoms with Crippen molar-refractivity contribution in [3.8, 4) is 17.2 Å². The van der Waals surface area contributed by atoms with Gasteiger partial charge in [-0.2, -0.15) is 0 Å². The molecule has 38 heavy (non-hydrogen) atoms. The SMILES string of the molecule is COc1cccc2c1C(=O)c1c(O)c3c(c(O)c1C2=O)C=C(C(=O)CO)C[C@@H]3O[C@H]1C[C@@H](N)[C@@H](O)[C@H](C)O1. The largest absolute Gasteiger partial charge is 0.507 e. The molecule has 0 radical (unpaired) electrons. The predicted octanol–water partition coefficient (Wildman–Crippen LogP) is 1.11. The van der Waals surface area contributed by atoms with E-state index in [9.17, 15) is 34.8 Å². The number of phenols is 2. The van der Waals surface area contributed by atoms with Crippen molar-refractivity contribution < 1.29 is 49.0 Å². The quantitative estimate of drug-likeness (QED) is 0.300. The third-order valence-corrected chi connectivity index (χ3v) is 7.31. The summed E-state index contributed by atoms with van der Waals surface area (Å²) in [6.45, 7) is 0.800. The second-order valence-corrected chi connectivity index (χ2v) is 9.56. The van der Waals surface area contributed by atoms with Crippen molar-refractivity contribution in [2.24, 2.45) is 5.73 Å². The lowest BCUT2D eigenvalue weighted by molar-refractivity contribution is -0.240. The number of aliphatic hydroxyl groups is 2. The van der Waals surface area contributed by atoms with Gasteiger partial charge in [-0.1, -0.05) is 12.1 Å². The maximum Gasteiger partial charge on any atom is 0.202 e. The number of carbonyl (C=O) groups excluding carboxylic acids is 3. The van der Waals surface area contributed by atoms with E-state index in [-0.39, 0.29) is 46.4 Å². The van der Waals surface area contributed by atoms with Gasteiger partial charge in [-0.25, -0.2) is 0 Å². The number of aliphatic hydroxyl groups excluding tert-OH is 2. The molecule has 0 bridgehead atoms.